The molecule has 0 spiro atoms. The first-order valence-electron chi connectivity index (χ1n) is 4.18. The highest BCUT2D eigenvalue weighted by Crippen LogP contribution is 2.03. The van der Waals surface area contributed by atoms with Gasteiger partial charge in [0, 0.05) is 6.42 Å². The van der Waals surface area contributed by atoms with E-state index >= 15 is 0 Å². The van der Waals surface area contributed by atoms with E-state index in [2.05, 4.69) is 29.3 Å². The molecule has 0 radical (unpaired) electrons. The summed E-state index contributed by atoms with van der Waals surface area (Å²) in [5, 5.41) is 6.80. The van der Waals surface area contributed by atoms with Gasteiger partial charge in [0.1, 0.15) is 0 Å². The van der Waals surface area contributed by atoms with Gasteiger partial charge in [-0.25, -0.2) is 0 Å². The van der Waals surface area contributed by atoms with Crippen molar-refractivity contribution < 1.29 is 4.52 Å². The number of nitrogens with zero attached hydrogens (tertiary/aromatic N) is 2. The molecule has 12 heavy (non-hydrogen) atoms. The maximum Gasteiger partial charge on any atom is 0.240 e. The summed E-state index contributed by atoms with van der Waals surface area (Å²) < 4.78 is 4.98. The molecule has 1 aromatic rings. The van der Waals surface area contributed by atoms with Crippen molar-refractivity contribution in [3.8, 4) is 0 Å². The summed E-state index contributed by atoms with van der Waals surface area (Å²) in [6.45, 7) is 4.91. The Kier molecular flexibility index (Phi) is 3.22. The Bertz CT molecular complexity index is 232. The van der Waals surface area contributed by atoms with Gasteiger partial charge in [0.05, 0.1) is 6.54 Å². The van der Waals surface area contributed by atoms with Crippen LogP contribution in [0.5, 0.6) is 0 Å². The second kappa shape index (κ2) is 4.21. The van der Waals surface area contributed by atoms with Gasteiger partial charge in [0.2, 0.25) is 5.89 Å². The van der Waals surface area contributed by atoms with Crippen LogP contribution in [0.4, 0.5) is 0 Å². The molecule has 0 saturated heterocycles. The second-order valence-corrected chi connectivity index (χ2v) is 3.23. The number of nitrogens with one attached hydrogen (secondary N) is 1. The number of hydrogen-bond acceptors (Lipinski definition) is 4. The van der Waals surface area contributed by atoms with E-state index in [1.165, 1.54) is 0 Å². The van der Waals surface area contributed by atoms with E-state index in [1.54, 1.807) is 0 Å². The van der Waals surface area contributed by atoms with E-state index in [1.807, 2.05) is 7.05 Å². The van der Waals surface area contributed by atoms with Gasteiger partial charge in [-0.05, 0) is 13.0 Å². The van der Waals surface area contributed by atoms with E-state index in [0.717, 1.165) is 12.2 Å². The van der Waals surface area contributed by atoms with E-state index < -0.39 is 0 Å². The summed E-state index contributed by atoms with van der Waals surface area (Å²) in [6, 6.07) is 0. The predicted molar refractivity (Wildman–Crippen MR) is 45.6 cm³/mol. The smallest absolute Gasteiger partial charge is 0.240 e. The molecule has 0 saturated carbocycles. The van der Waals surface area contributed by atoms with Gasteiger partial charge in [-0.3, -0.25) is 0 Å². The monoisotopic (exact) mass is 169 g/mol. The highest BCUT2D eigenvalue weighted by Gasteiger charge is 2.06. The molecule has 1 rings (SSSR count). The Hall–Kier alpha value is -0.900. The minimum atomic E-state index is 0.574. The SMILES string of the molecule is CNCc1nc(CC(C)C)no1. The van der Waals surface area contributed by atoms with Crippen LogP contribution in [0.1, 0.15) is 25.6 Å². The molecule has 0 aliphatic carbocycles. The number of rotatable bonds is 4. The topological polar surface area (TPSA) is 51.0 Å². The van der Waals surface area contributed by atoms with Gasteiger partial charge in [0.15, 0.2) is 5.82 Å². The van der Waals surface area contributed by atoms with Crippen LogP contribution in [0.25, 0.3) is 0 Å². The van der Waals surface area contributed by atoms with Crippen LogP contribution in [-0.4, -0.2) is 17.2 Å². The zero-order valence-corrected chi connectivity index (χ0v) is 7.79. The molecule has 0 fully saturated rings. The van der Waals surface area contributed by atoms with Crippen LogP contribution in [-0.2, 0) is 13.0 Å². The third kappa shape index (κ3) is 2.62. The minimum Gasteiger partial charge on any atom is -0.338 e. The minimum absolute atomic E-state index is 0.574. The van der Waals surface area contributed by atoms with E-state index in [0.29, 0.717) is 18.4 Å². The van der Waals surface area contributed by atoms with Gasteiger partial charge in [-0.15, -0.1) is 0 Å². The Balaban J connectivity index is 2.52. The standard InChI is InChI=1S/C8H15N3O/c1-6(2)4-7-10-8(5-9-3)12-11-7/h6,9H,4-5H2,1-3H3. The van der Waals surface area contributed by atoms with Crippen molar-refractivity contribution in [2.75, 3.05) is 7.05 Å². The van der Waals surface area contributed by atoms with E-state index in [9.17, 15) is 0 Å². The highest BCUT2D eigenvalue weighted by atomic mass is 16.5. The molecule has 0 aromatic carbocycles. The molecular formula is C8H15N3O. The molecule has 4 nitrogen and oxygen atoms in total. The molecule has 0 amide bonds. The first kappa shape index (κ1) is 9.19. The fourth-order valence-electron chi connectivity index (χ4n) is 0.961. The average Bonchev–Trinajstić information content (AvgIpc) is 2.36. The molecule has 0 aliphatic heterocycles. The highest BCUT2D eigenvalue weighted by molar-refractivity contribution is 4.86. The molecule has 0 unspecified atom stereocenters. The Morgan fingerprint density at radius 1 is 1.50 bits per heavy atom. The first-order valence-corrected chi connectivity index (χ1v) is 4.18. The Morgan fingerprint density at radius 3 is 2.83 bits per heavy atom. The van der Waals surface area contributed by atoms with Crippen LogP contribution in [0.15, 0.2) is 4.52 Å². The van der Waals surface area contributed by atoms with Crippen molar-refractivity contribution in [2.45, 2.75) is 26.8 Å². The first-order chi connectivity index (χ1) is 5.72. The van der Waals surface area contributed by atoms with Crippen LogP contribution in [0.3, 0.4) is 0 Å². The molecule has 1 aromatic heterocycles. The summed E-state index contributed by atoms with van der Waals surface area (Å²) >= 11 is 0. The largest absolute Gasteiger partial charge is 0.338 e. The van der Waals surface area contributed by atoms with E-state index in [4.69, 9.17) is 4.52 Å². The van der Waals surface area contributed by atoms with Crippen molar-refractivity contribution in [1.29, 1.82) is 0 Å². The van der Waals surface area contributed by atoms with Crippen LogP contribution in [0.2, 0.25) is 0 Å². The lowest BCUT2D eigenvalue weighted by Gasteiger charge is -1.95. The Morgan fingerprint density at radius 2 is 2.25 bits per heavy atom. The molecule has 0 bridgehead atoms. The molecule has 1 heterocycles. The average molecular weight is 169 g/mol. The predicted octanol–water partition coefficient (Wildman–Crippen LogP) is 0.987. The van der Waals surface area contributed by atoms with Crippen LogP contribution in [0, 0.1) is 5.92 Å². The van der Waals surface area contributed by atoms with Crippen LogP contribution < -0.4 is 5.32 Å². The lowest BCUT2D eigenvalue weighted by atomic mass is 10.1. The van der Waals surface area contributed by atoms with Crippen molar-refractivity contribution in [1.82, 2.24) is 15.5 Å². The van der Waals surface area contributed by atoms with Crippen molar-refractivity contribution in [3.63, 3.8) is 0 Å². The maximum atomic E-state index is 4.98. The summed E-state index contributed by atoms with van der Waals surface area (Å²) in [6.07, 6.45) is 0.882. The summed E-state index contributed by atoms with van der Waals surface area (Å²) in [5.41, 5.74) is 0. The van der Waals surface area contributed by atoms with Crippen molar-refractivity contribution in [3.05, 3.63) is 11.7 Å². The summed E-state index contributed by atoms with van der Waals surface area (Å²) in [7, 11) is 1.85. The molecule has 0 aliphatic rings. The lowest BCUT2D eigenvalue weighted by Crippen LogP contribution is -2.05. The van der Waals surface area contributed by atoms with E-state index in [-0.39, 0.29) is 0 Å². The zero-order valence-electron chi connectivity index (χ0n) is 7.79. The second-order valence-electron chi connectivity index (χ2n) is 3.23. The van der Waals surface area contributed by atoms with Gasteiger partial charge in [-0.1, -0.05) is 19.0 Å². The van der Waals surface area contributed by atoms with Gasteiger partial charge in [0.25, 0.3) is 0 Å². The zero-order chi connectivity index (χ0) is 8.97. The number of aromatic nitrogens is 2. The number of hydrogen-bond donors (Lipinski definition) is 1. The molecule has 0 atom stereocenters. The lowest BCUT2D eigenvalue weighted by molar-refractivity contribution is 0.365. The quantitative estimate of drug-likeness (QED) is 0.730. The fraction of sp³-hybridized carbons (Fsp3) is 0.750. The van der Waals surface area contributed by atoms with Gasteiger partial charge < -0.3 is 9.84 Å². The Labute approximate surface area is 72.4 Å². The fourth-order valence-corrected chi connectivity index (χ4v) is 0.961. The third-order valence-electron chi connectivity index (χ3n) is 1.43. The molecular weight excluding hydrogens is 154 g/mol. The van der Waals surface area contributed by atoms with Gasteiger partial charge >= 0.3 is 0 Å². The van der Waals surface area contributed by atoms with Crippen molar-refractivity contribution in [2.24, 2.45) is 5.92 Å². The van der Waals surface area contributed by atoms with Gasteiger partial charge in [-0.2, -0.15) is 4.98 Å². The molecule has 68 valence electrons. The maximum absolute atomic E-state index is 4.98. The molecule has 4 heteroatoms. The van der Waals surface area contributed by atoms with Crippen molar-refractivity contribution >= 4 is 0 Å². The normalized spacial score (nSPS) is 11.0. The summed E-state index contributed by atoms with van der Waals surface area (Å²) in [5.74, 6) is 2.04. The van der Waals surface area contributed by atoms with Crippen LogP contribution >= 0.6 is 0 Å². The summed E-state index contributed by atoms with van der Waals surface area (Å²) in [4.78, 5) is 4.20. The molecule has 1 N–H and O–H groups in total. The third-order valence-corrected chi connectivity index (χ3v) is 1.43.